The first-order valence-corrected chi connectivity index (χ1v) is 10.8. The second-order valence-electron chi connectivity index (χ2n) is 8.09. The quantitative estimate of drug-likeness (QED) is 0.414. The summed E-state index contributed by atoms with van der Waals surface area (Å²) in [6.45, 7) is 11.4. The molecule has 26 heavy (non-hydrogen) atoms. The van der Waals surface area contributed by atoms with Crippen LogP contribution in [0.1, 0.15) is 66.0 Å². The van der Waals surface area contributed by atoms with Gasteiger partial charge in [0.15, 0.2) is 0 Å². The Morgan fingerprint density at radius 3 is 1.46 bits per heavy atom. The molecule has 2 aliphatic rings. The third-order valence-corrected chi connectivity index (χ3v) is 7.37. The molecule has 2 aliphatic carbocycles. The lowest BCUT2D eigenvalue weighted by atomic mass is 9.73. The normalized spacial score (nSPS) is 22.0. The number of benzene rings is 2. The molecule has 0 aromatic heterocycles. The molecule has 0 aliphatic heterocycles. The zero-order valence-electron chi connectivity index (χ0n) is 16.0. The lowest BCUT2D eigenvalue weighted by Gasteiger charge is -2.30. The van der Waals surface area contributed by atoms with E-state index >= 15 is 0 Å². The van der Waals surface area contributed by atoms with Crippen molar-refractivity contribution in [3.63, 3.8) is 0 Å². The molecule has 0 spiro atoms. The predicted molar refractivity (Wildman–Crippen MR) is 120 cm³/mol. The van der Waals surface area contributed by atoms with Gasteiger partial charge in [-0.2, -0.15) is 0 Å². The summed E-state index contributed by atoms with van der Waals surface area (Å²) in [7, 11) is 0. The van der Waals surface area contributed by atoms with Crippen LogP contribution in [0.4, 0.5) is 0 Å². The van der Waals surface area contributed by atoms with E-state index in [-0.39, 0.29) is 0 Å². The van der Waals surface area contributed by atoms with Crippen LogP contribution in [0.25, 0.3) is 12.2 Å². The van der Waals surface area contributed by atoms with E-state index < -0.39 is 0 Å². The highest BCUT2D eigenvalue weighted by molar-refractivity contribution is 9.10. The number of aryl methyl sites for hydroxylation is 2. The molecular formula is C24H24Br2. The van der Waals surface area contributed by atoms with Crippen molar-refractivity contribution < 1.29 is 0 Å². The minimum Gasteiger partial charge on any atom is -0.0649 e. The number of fused-ring (bicyclic) bond motifs is 2. The van der Waals surface area contributed by atoms with Gasteiger partial charge in [-0.25, -0.2) is 0 Å². The van der Waals surface area contributed by atoms with E-state index in [9.17, 15) is 0 Å². The van der Waals surface area contributed by atoms with Crippen LogP contribution in [-0.2, 0) is 0 Å². The monoisotopic (exact) mass is 470 g/mol. The molecule has 134 valence electrons. The highest BCUT2D eigenvalue weighted by Gasteiger charge is 2.37. The van der Waals surface area contributed by atoms with Crippen molar-refractivity contribution in [3.05, 3.63) is 77.7 Å². The molecule has 0 N–H and O–H groups in total. The second kappa shape index (κ2) is 6.49. The van der Waals surface area contributed by atoms with E-state index in [0.717, 1.165) is 0 Å². The molecule has 0 radical (unpaired) electrons. The summed E-state index contributed by atoms with van der Waals surface area (Å²) < 4.78 is 2.44. The van der Waals surface area contributed by atoms with Crippen molar-refractivity contribution in [3.8, 4) is 0 Å². The lowest BCUT2D eigenvalue weighted by molar-refractivity contribution is 0.455. The van der Waals surface area contributed by atoms with E-state index in [1.807, 2.05) is 0 Å². The number of rotatable bonds is 2. The van der Waals surface area contributed by atoms with Gasteiger partial charge in [0.25, 0.3) is 0 Å². The third-order valence-electron chi connectivity index (χ3n) is 6.06. The average molecular weight is 472 g/mol. The van der Waals surface area contributed by atoms with Crippen molar-refractivity contribution in [1.82, 2.24) is 0 Å². The summed E-state index contributed by atoms with van der Waals surface area (Å²) in [6.07, 6.45) is 4.75. The fourth-order valence-electron chi connectivity index (χ4n) is 5.09. The fraction of sp³-hybridized carbons (Fsp3) is 0.333. The van der Waals surface area contributed by atoms with Crippen LogP contribution in [0.2, 0.25) is 0 Å². The van der Waals surface area contributed by atoms with Crippen molar-refractivity contribution in [2.24, 2.45) is 5.92 Å². The molecule has 0 amide bonds. The Balaban J connectivity index is 1.81. The van der Waals surface area contributed by atoms with E-state index in [2.05, 4.69) is 103 Å². The van der Waals surface area contributed by atoms with Gasteiger partial charge < -0.3 is 0 Å². The molecule has 2 aromatic carbocycles. The van der Waals surface area contributed by atoms with E-state index in [4.69, 9.17) is 0 Å². The Hall–Kier alpha value is -1.12. The van der Waals surface area contributed by atoms with Gasteiger partial charge in [0.05, 0.1) is 0 Å². The SMILES string of the molecule is CC1=Cc2c(Br)cc(C)cc2C1C(C)C1C(C)=Cc2c(Br)cc(C)cc21. The Morgan fingerprint density at radius 2 is 1.08 bits per heavy atom. The lowest BCUT2D eigenvalue weighted by Crippen LogP contribution is -2.18. The summed E-state index contributed by atoms with van der Waals surface area (Å²) in [6, 6.07) is 9.23. The van der Waals surface area contributed by atoms with Crippen LogP contribution in [0.5, 0.6) is 0 Å². The van der Waals surface area contributed by atoms with E-state index in [0.29, 0.717) is 17.8 Å². The van der Waals surface area contributed by atoms with Crippen molar-refractivity contribution in [2.45, 2.75) is 46.5 Å². The highest BCUT2D eigenvalue weighted by atomic mass is 79.9. The molecule has 2 aromatic rings. The number of halogens is 2. The molecule has 0 saturated carbocycles. The average Bonchev–Trinajstić information content (AvgIpc) is 3.04. The minimum atomic E-state index is 0.472. The van der Waals surface area contributed by atoms with Crippen molar-refractivity contribution in [2.75, 3.05) is 0 Å². The first-order chi connectivity index (χ1) is 12.3. The number of hydrogen-bond donors (Lipinski definition) is 0. The topological polar surface area (TPSA) is 0 Å². The largest absolute Gasteiger partial charge is 0.0649 e. The fourth-order valence-corrected chi connectivity index (χ4v) is 6.50. The Bertz CT molecular complexity index is 899. The summed E-state index contributed by atoms with van der Waals surface area (Å²) in [4.78, 5) is 0. The van der Waals surface area contributed by atoms with Gasteiger partial charge in [-0.1, -0.05) is 74.2 Å². The van der Waals surface area contributed by atoms with Crippen LogP contribution in [0, 0.1) is 19.8 Å². The van der Waals surface area contributed by atoms with Crippen LogP contribution in [-0.4, -0.2) is 0 Å². The van der Waals surface area contributed by atoms with Gasteiger partial charge in [-0.3, -0.25) is 0 Å². The maximum atomic E-state index is 3.78. The van der Waals surface area contributed by atoms with Gasteiger partial charge >= 0.3 is 0 Å². The molecule has 0 fully saturated rings. The molecule has 0 heterocycles. The zero-order valence-corrected chi connectivity index (χ0v) is 19.1. The van der Waals surface area contributed by atoms with Crippen LogP contribution < -0.4 is 0 Å². The Morgan fingerprint density at radius 1 is 0.692 bits per heavy atom. The van der Waals surface area contributed by atoms with E-state index in [1.165, 1.54) is 53.5 Å². The first kappa shape index (κ1) is 18.3. The first-order valence-electron chi connectivity index (χ1n) is 9.24. The Labute approximate surface area is 173 Å². The molecular weight excluding hydrogens is 448 g/mol. The van der Waals surface area contributed by atoms with Gasteiger partial charge in [0.2, 0.25) is 0 Å². The molecule has 2 atom stereocenters. The molecule has 2 heteroatoms. The van der Waals surface area contributed by atoms with Crippen LogP contribution in [0.15, 0.2) is 44.4 Å². The van der Waals surface area contributed by atoms with Gasteiger partial charge in [-0.15, -0.1) is 0 Å². The van der Waals surface area contributed by atoms with Crippen LogP contribution in [0.3, 0.4) is 0 Å². The Kier molecular flexibility index (Phi) is 4.56. The summed E-state index contributed by atoms with van der Waals surface area (Å²) >= 11 is 7.56. The molecule has 2 unspecified atom stereocenters. The molecule has 4 rings (SSSR count). The summed E-state index contributed by atoms with van der Waals surface area (Å²) in [5.74, 6) is 1.46. The zero-order chi connectivity index (χ0) is 18.7. The predicted octanol–water partition coefficient (Wildman–Crippen LogP) is 8.17. The maximum Gasteiger partial charge on any atom is 0.0253 e. The molecule has 0 bridgehead atoms. The maximum absolute atomic E-state index is 3.78. The second-order valence-corrected chi connectivity index (χ2v) is 9.80. The van der Waals surface area contributed by atoms with Crippen molar-refractivity contribution >= 4 is 44.0 Å². The summed E-state index contributed by atoms with van der Waals surface area (Å²) in [5.41, 5.74) is 11.3. The van der Waals surface area contributed by atoms with Crippen molar-refractivity contribution in [1.29, 1.82) is 0 Å². The summed E-state index contributed by atoms with van der Waals surface area (Å²) in [5, 5.41) is 0. The standard InChI is InChI=1S/C24H24Br2/c1-12-6-19-17(21(25)8-12)10-14(3)23(19)16(5)24-15(4)11-18-20(24)7-13(2)9-22(18)26/h6-11,16,23-24H,1-5H3. The van der Waals surface area contributed by atoms with E-state index in [1.54, 1.807) is 0 Å². The molecule has 0 nitrogen and oxygen atoms in total. The highest BCUT2D eigenvalue weighted by Crippen LogP contribution is 2.53. The van der Waals surface area contributed by atoms with Gasteiger partial charge in [-0.05, 0) is 79.1 Å². The van der Waals surface area contributed by atoms with Gasteiger partial charge in [0, 0.05) is 20.8 Å². The smallest absolute Gasteiger partial charge is 0.0253 e. The van der Waals surface area contributed by atoms with Gasteiger partial charge in [0.1, 0.15) is 0 Å². The minimum absolute atomic E-state index is 0.472. The number of hydrogen-bond acceptors (Lipinski definition) is 0. The molecule has 0 saturated heterocycles. The third kappa shape index (κ3) is 2.77. The number of allylic oxidation sites excluding steroid dienone is 2. The van der Waals surface area contributed by atoms with Crippen LogP contribution >= 0.6 is 31.9 Å².